The summed E-state index contributed by atoms with van der Waals surface area (Å²) < 4.78 is 21.4. The number of nitrogens with one attached hydrogen (secondary N) is 1. The van der Waals surface area contributed by atoms with E-state index in [1.807, 2.05) is 41.6 Å². The summed E-state index contributed by atoms with van der Waals surface area (Å²) in [5, 5.41) is 1.52. The van der Waals surface area contributed by atoms with E-state index >= 15 is 0 Å². The Balaban J connectivity index is 0.00000148. The molecule has 3 aromatic rings. The Bertz CT molecular complexity index is 1330. The number of fused-ring (bicyclic) bond motifs is 3. The van der Waals surface area contributed by atoms with Gasteiger partial charge in [0.05, 0.1) is 0 Å². The molecule has 1 fully saturated rings. The summed E-state index contributed by atoms with van der Waals surface area (Å²) in [6, 6.07) is 14.4. The van der Waals surface area contributed by atoms with Gasteiger partial charge in [-0.1, -0.05) is 32.0 Å². The van der Waals surface area contributed by atoms with Crippen LogP contribution < -0.4 is 10.1 Å². The van der Waals surface area contributed by atoms with Gasteiger partial charge in [-0.05, 0) is 48.3 Å². The van der Waals surface area contributed by atoms with Crippen LogP contribution in [0.25, 0.3) is 10.8 Å². The number of hydrogen-bond donors (Lipinski definition) is 1. The zero-order valence-corrected chi connectivity index (χ0v) is 22.4. The SMILES string of the molecule is CC.CN1CCN(C(=O)c2ccc(OP(C)(=O)N3CCc4[nH]c(=O)c5ccccc5c4C3)cc2)CC1. The summed E-state index contributed by atoms with van der Waals surface area (Å²) in [4.78, 5) is 32.2. The molecule has 0 bridgehead atoms. The molecule has 2 aromatic carbocycles. The highest BCUT2D eigenvalue weighted by Crippen LogP contribution is 2.49. The minimum absolute atomic E-state index is 0.00726. The van der Waals surface area contributed by atoms with E-state index in [-0.39, 0.29) is 11.5 Å². The topological polar surface area (TPSA) is 85.9 Å². The van der Waals surface area contributed by atoms with Gasteiger partial charge < -0.3 is 19.3 Å². The maximum Gasteiger partial charge on any atom is 0.316 e. The van der Waals surface area contributed by atoms with Gasteiger partial charge in [0.2, 0.25) is 0 Å². The maximum absolute atomic E-state index is 13.6. The normalized spacial score (nSPS) is 18.1. The number of benzene rings is 2. The first-order valence-electron chi connectivity index (χ1n) is 12.5. The Labute approximate surface area is 212 Å². The highest BCUT2D eigenvalue weighted by Gasteiger charge is 2.32. The number of H-pyrrole nitrogens is 1. The van der Waals surface area contributed by atoms with Crippen molar-refractivity contribution in [1.29, 1.82) is 0 Å². The Morgan fingerprint density at radius 2 is 1.58 bits per heavy atom. The molecule has 3 heterocycles. The Kier molecular flexibility index (Phi) is 7.98. The average Bonchev–Trinajstić information content (AvgIpc) is 2.90. The number of aromatic nitrogens is 1. The molecule has 0 saturated carbocycles. The highest BCUT2D eigenvalue weighted by atomic mass is 31.2. The van der Waals surface area contributed by atoms with Gasteiger partial charge >= 0.3 is 7.52 Å². The van der Waals surface area contributed by atoms with Gasteiger partial charge in [-0.2, -0.15) is 0 Å². The van der Waals surface area contributed by atoms with Crippen LogP contribution in [0.4, 0.5) is 0 Å². The number of likely N-dealkylation sites (N-methyl/N-ethyl adjacent to an activating group) is 1. The lowest BCUT2D eigenvalue weighted by Gasteiger charge is -2.33. The number of amides is 1. The zero-order chi connectivity index (χ0) is 25.9. The van der Waals surface area contributed by atoms with Crippen LogP contribution in [0.3, 0.4) is 0 Å². The monoisotopic (exact) mass is 510 g/mol. The summed E-state index contributed by atoms with van der Waals surface area (Å²) in [7, 11) is -1.11. The van der Waals surface area contributed by atoms with Crippen LogP contribution in [0.2, 0.25) is 0 Å². The molecule has 0 radical (unpaired) electrons. The molecule has 8 nitrogen and oxygen atoms in total. The number of hydrogen-bond acceptors (Lipinski definition) is 5. The third kappa shape index (κ3) is 5.41. The maximum atomic E-state index is 13.6. The number of nitrogens with zero attached hydrogens (tertiary/aromatic N) is 3. The Morgan fingerprint density at radius 1 is 0.944 bits per heavy atom. The van der Waals surface area contributed by atoms with Crippen molar-refractivity contribution >= 4 is 24.2 Å². The first kappa shape index (κ1) is 26.1. The van der Waals surface area contributed by atoms with E-state index in [1.165, 1.54) is 0 Å². The molecule has 0 spiro atoms. The van der Waals surface area contributed by atoms with E-state index < -0.39 is 7.52 Å². The van der Waals surface area contributed by atoms with E-state index in [0.29, 0.717) is 49.3 Å². The van der Waals surface area contributed by atoms with Crippen molar-refractivity contribution in [2.45, 2.75) is 26.8 Å². The standard InChI is InChI=1S/C25H29N4O4P.C2H6/c1-27-13-15-28(16-14-27)25(31)18-7-9-19(10-8-18)33-34(2,32)29-12-11-23-22(17-29)20-5-3-4-6-21(20)24(30)26-23;1-2/h3-10H,11-17H2,1-2H3,(H,26,30);1-2H3. The van der Waals surface area contributed by atoms with E-state index in [9.17, 15) is 14.2 Å². The van der Waals surface area contributed by atoms with Crippen LogP contribution in [0.5, 0.6) is 5.75 Å². The Morgan fingerprint density at radius 3 is 2.25 bits per heavy atom. The molecule has 1 N–H and O–H groups in total. The van der Waals surface area contributed by atoms with Crippen molar-refractivity contribution < 1.29 is 13.9 Å². The molecule has 1 unspecified atom stereocenters. The smallest absolute Gasteiger partial charge is 0.316 e. The first-order valence-corrected chi connectivity index (χ1v) is 14.6. The number of pyridine rings is 1. The third-order valence-electron chi connectivity index (χ3n) is 6.77. The zero-order valence-electron chi connectivity index (χ0n) is 21.5. The fourth-order valence-electron chi connectivity index (χ4n) is 4.70. The van der Waals surface area contributed by atoms with Crippen LogP contribution in [0.1, 0.15) is 35.5 Å². The van der Waals surface area contributed by atoms with Crippen LogP contribution in [0.15, 0.2) is 53.3 Å². The van der Waals surface area contributed by atoms with Crippen molar-refractivity contribution in [2.24, 2.45) is 0 Å². The van der Waals surface area contributed by atoms with E-state index in [4.69, 9.17) is 4.52 Å². The molecule has 0 aliphatic carbocycles. The number of rotatable bonds is 4. The highest BCUT2D eigenvalue weighted by molar-refractivity contribution is 7.56. The predicted octanol–water partition coefficient (Wildman–Crippen LogP) is 4.20. The van der Waals surface area contributed by atoms with Crippen LogP contribution in [0, 0.1) is 0 Å². The van der Waals surface area contributed by atoms with Crippen LogP contribution >= 0.6 is 7.52 Å². The molecule has 2 aliphatic heterocycles. The van der Waals surface area contributed by atoms with Crippen molar-refractivity contribution in [2.75, 3.05) is 46.4 Å². The van der Waals surface area contributed by atoms with Crippen LogP contribution in [-0.4, -0.2) is 71.8 Å². The van der Waals surface area contributed by atoms with Gasteiger partial charge in [-0.15, -0.1) is 0 Å². The number of aromatic amines is 1. The molecular formula is C27H35N4O4P. The van der Waals surface area contributed by atoms with E-state index in [2.05, 4.69) is 16.9 Å². The lowest BCUT2D eigenvalue weighted by Crippen LogP contribution is -2.47. The molecule has 1 atom stereocenters. The van der Waals surface area contributed by atoms with Gasteiger partial charge in [-0.25, -0.2) is 4.67 Å². The Hall–Kier alpha value is -2.93. The van der Waals surface area contributed by atoms with Gasteiger partial charge in [0.1, 0.15) is 5.75 Å². The van der Waals surface area contributed by atoms with Crippen molar-refractivity contribution in [3.05, 3.63) is 75.7 Å². The predicted molar refractivity (Wildman–Crippen MR) is 144 cm³/mol. The molecule has 1 saturated heterocycles. The molecule has 5 rings (SSSR count). The first-order chi connectivity index (χ1) is 17.3. The van der Waals surface area contributed by atoms with Crippen molar-refractivity contribution in [3.63, 3.8) is 0 Å². The lowest BCUT2D eigenvalue weighted by molar-refractivity contribution is 0.0664. The summed E-state index contributed by atoms with van der Waals surface area (Å²) in [6.07, 6.45) is 0.592. The van der Waals surface area contributed by atoms with Crippen molar-refractivity contribution in [3.8, 4) is 5.75 Å². The molecule has 1 aromatic heterocycles. The molecule has 1 amide bonds. The van der Waals surface area contributed by atoms with Gasteiger partial charge in [0.15, 0.2) is 0 Å². The summed E-state index contributed by atoms with van der Waals surface area (Å²) in [5.41, 5.74) is 2.39. The minimum Gasteiger partial charge on any atom is -0.433 e. The largest absolute Gasteiger partial charge is 0.433 e. The van der Waals surface area contributed by atoms with Crippen LogP contribution in [-0.2, 0) is 17.5 Å². The molecule has 9 heteroatoms. The van der Waals surface area contributed by atoms with E-state index in [1.54, 1.807) is 37.0 Å². The van der Waals surface area contributed by atoms with Crippen molar-refractivity contribution in [1.82, 2.24) is 19.5 Å². The number of carbonyl (C=O) groups is 1. The van der Waals surface area contributed by atoms with Gasteiger partial charge in [0.25, 0.3) is 11.5 Å². The molecular weight excluding hydrogens is 475 g/mol. The second-order valence-corrected chi connectivity index (χ2v) is 11.5. The molecule has 36 heavy (non-hydrogen) atoms. The van der Waals surface area contributed by atoms with Gasteiger partial charge in [-0.3, -0.25) is 14.2 Å². The molecule has 2 aliphatic rings. The number of piperazine rings is 1. The molecule has 192 valence electrons. The third-order valence-corrected chi connectivity index (χ3v) is 8.68. The summed E-state index contributed by atoms with van der Waals surface area (Å²) in [5.74, 6) is 0.478. The summed E-state index contributed by atoms with van der Waals surface area (Å²) in [6.45, 7) is 9.75. The summed E-state index contributed by atoms with van der Waals surface area (Å²) >= 11 is 0. The average molecular weight is 511 g/mol. The fraction of sp³-hybridized carbons (Fsp3) is 0.407. The lowest BCUT2D eigenvalue weighted by atomic mass is 10.0. The second kappa shape index (κ2) is 11.0. The van der Waals surface area contributed by atoms with Gasteiger partial charge in [0, 0.05) is 69.0 Å². The second-order valence-electron chi connectivity index (χ2n) is 9.11. The quantitative estimate of drug-likeness (QED) is 0.530. The number of carbonyl (C=O) groups excluding carboxylic acids is 1. The van der Waals surface area contributed by atoms with E-state index in [0.717, 1.165) is 29.7 Å². The minimum atomic E-state index is -3.17. The fourth-order valence-corrected chi connectivity index (χ4v) is 6.19.